The molecular formula is C17H23FN4O. The SMILES string of the molecule is CC(C)c1cc(C(O)Nc2ccc(C[C@@H]3NC[C@@H]3F)cc2)[nH]n1. The van der Waals surface area contributed by atoms with Gasteiger partial charge in [-0.1, -0.05) is 26.0 Å². The molecule has 0 saturated carbocycles. The number of hydrogen-bond donors (Lipinski definition) is 4. The van der Waals surface area contributed by atoms with E-state index in [4.69, 9.17) is 0 Å². The van der Waals surface area contributed by atoms with Gasteiger partial charge in [0.2, 0.25) is 0 Å². The van der Waals surface area contributed by atoms with E-state index in [2.05, 4.69) is 34.7 Å². The molecule has 0 aliphatic carbocycles. The highest BCUT2D eigenvalue weighted by Gasteiger charge is 2.29. The van der Waals surface area contributed by atoms with Crippen molar-refractivity contribution in [1.29, 1.82) is 0 Å². The average Bonchev–Trinajstić information content (AvgIpc) is 3.03. The molecule has 1 aromatic carbocycles. The van der Waals surface area contributed by atoms with Crippen LogP contribution in [0.2, 0.25) is 0 Å². The van der Waals surface area contributed by atoms with Crippen molar-refractivity contribution in [2.24, 2.45) is 0 Å². The minimum absolute atomic E-state index is 0.0705. The Labute approximate surface area is 135 Å². The van der Waals surface area contributed by atoms with E-state index < -0.39 is 12.4 Å². The number of anilines is 1. The van der Waals surface area contributed by atoms with Crippen LogP contribution in [-0.4, -0.2) is 34.1 Å². The molecule has 0 amide bonds. The quantitative estimate of drug-likeness (QED) is 0.618. The number of alkyl halides is 1. The predicted octanol–water partition coefficient (Wildman–Crippen LogP) is 2.49. The van der Waals surface area contributed by atoms with Crippen molar-refractivity contribution in [3.63, 3.8) is 0 Å². The normalized spacial score (nSPS) is 22.0. The van der Waals surface area contributed by atoms with Crippen LogP contribution < -0.4 is 10.6 Å². The lowest BCUT2D eigenvalue weighted by Gasteiger charge is -2.32. The number of rotatable bonds is 6. The van der Waals surface area contributed by atoms with Gasteiger partial charge in [0.1, 0.15) is 6.17 Å². The maximum atomic E-state index is 13.2. The summed E-state index contributed by atoms with van der Waals surface area (Å²) in [6, 6.07) is 9.48. The lowest BCUT2D eigenvalue weighted by molar-refractivity contribution is 0.158. The van der Waals surface area contributed by atoms with Crippen LogP contribution in [0.15, 0.2) is 30.3 Å². The van der Waals surface area contributed by atoms with Crippen molar-refractivity contribution >= 4 is 5.69 Å². The molecule has 1 aromatic heterocycles. The third-order valence-corrected chi connectivity index (χ3v) is 4.23. The number of aliphatic hydroxyl groups is 1. The Kier molecular flexibility index (Phi) is 4.63. The first-order valence-corrected chi connectivity index (χ1v) is 7.99. The molecule has 3 atom stereocenters. The Balaban J connectivity index is 1.58. The van der Waals surface area contributed by atoms with Crippen molar-refractivity contribution in [2.75, 3.05) is 11.9 Å². The van der Waals surface area contributed by atoms with Gasteiger partial charge in [0, 0.05) is 18.3 Å². The first-order chi connectivity index (χ1) is 11.0. The van der Waals surface area contributed by atoms with Crippen LogP contribution in [0, 0.1) is 0 Å². The zero-order valence-electron chi connectivity index (χ0n) is 13.4. The second-order valence-electron chi connectivity index (χ2n) is 6.38. The van der Waals surface area contributed by atoms with Gasteiger partial charge >= 0.3 is 0 Å². The Hall–Kier alpha value is -1.92. The number of nitrogens with zero attached hydrogens (tertiary/aromatic N) is 1. The largest absolute Gasteiger partial charge is 0.368 e. The van der Waals surface area contributed by atoms with Gasteiger partial charge in [-0.3, -0.25) is 5.10 Å². The number of H-pyrrole nitrogens is 1. The first kappa shape index (κ1) is 16.0. The summed E-state index contributed by atoms with van der Waals surface area (Å²) in [5.41, 5.74) is 3.44. The third-order valence-electron chi connectivity index (χ3n) is 4.23. The topological polar surface area (TPSA) is 73.0 Å². The highest BCUT2D eigenvalue weighted by Crippen LogP contribution is 2.21. The molecule has 0 spiro atoms. The van der Waals surface area contributed by atoms with Crippen LogP contribution in [0.25, 0.3) is 0 Å². The van der Waals surface area contributed by atoms with Crippen LogP contribution in [-0.2, 0) is 6.42 Å². The lowest BCUT2D eigenvalue weighted by atomic mass is 9.96. The van der Waals surface area contributed by atoms with Crippen molar-refractivity contribution in [2.45, 2.75) is 44.6 Å². The Morgan fingerprint density at radius 3 is 2.61 bits per heavy atom. The molecule has 1 unspecified atom stereocenters. The zero-order valence-corrected chi connectivity index (χ0v) is 13.4. The number of hydrogen-bond acceptors (Lipinski definition) is 4. The molecule has 124 valence electrons. The van der Waals surface area contributed by atoms with E-state index in [1.54, 1.807) is 0 Å². The van der Waals surface area contributed by atoms with E-state index in [0.29, 0.717) is 24.6 Å². The summed E-state index contributed by atoms with van der Waals surface area (Å²) in [5, 5.41) is 23.4. The van der Waals surface area contributed by atoms with Crippen molar-refractivity contribution in [1.82, 2.24) is 15.5 Å². The van der Waals surface area contributed by atoms with Crippen LogP contribution in [0.1, 0.15) is 42.9 Å². The molecule has 23 heavy (non-hydrogen) atoms. The number of halogens is 1. The minimum atomic E-state index is -0.843. The second kappa shape index (κ2) is 6.68. The molecule has 2 aromatic rings. The van der Waals surface area contributed by atoms with Gasteiger partial charge < -0.3 is 15.7 Å². The van der Waals surface area contributed by atoms with E-state index >= 15 is 0 Å². The molecule has 1 aliphatic rings. The van der Waals surface area contributed by atoms with E-state index in [1.165, 1.54) is 0 Å². The van der Waals surface area contributed by atoms with Crippen LogP contribution in [0.4, 0.5) is 10.1 Å². The molecule has 6 heteroatoms. The fraction of sp³-hybridized carbons (Fsp3) is 0.471. The summed E-state index contributed by atoms with van der Waals surface area (Å²) in [7, 11) is 0. The molecule has 1 fully saturated rings. The minimum Gasteiger partial charge on any atom is -0.368 e. The first-order valence-electron chi connectivity index (χ1n) is 7.99. The zero-order chi connectivity index (χ0) is 16.4. The standard InChI is InChI=1S/C17H23FN4O/c1-10(2)14-8-16(22-21-14)17(23)20-12-5-3-11(4-6-12)7-15-13(18)9-19-15/h3-6,8,10,13,15,17,19-20,23H,7,9H2,1-2H3,(H,21,22)/t13-,15-,17?/m0/s1. The Bertz CT molecular complexity index is 640. The molecule has 3 rings (SSSR count). The summed E-state index contributed by atoms with van der Waals surface area (Å²) in [6.07, 6.45) is -0.906. The van der Waals surface area contributed by atoms with Gasteiger partial charge in [0.25, 0.3) is 0 Å². The predicted molar refractivity (Wildman–Crippen MR) is 88.1 cm³/mol. The summed E-state index contributed by atoms with van der Waals surface area (Å²) < 4.78 is 13.2. The number of aliphatic hydroxyl groups excluding tert-OH is 1. The maximum absolute atomic E-state index is 13.2. The van der Waals surface area contributed by atoms with Gasteiger partial charge in [-0.15, -0.1) is 0 Å². The highest BCUT2D eigenvalue weighted by atomic mass is 19.1. The van der Waals surface area contributed by atoms with Gasteiger partial charge in [0.05, 0.1) is 11.4 Å². The Morgan fingerprint density at radius 1 is 1.35 bits per heavy atom. The summed E-state index contributed by atoms with van der Waals surface area (Å²) in [5.74, 6) is 0.311. The van der Waals surface area contributed by atoms with Crippen molar-refractivity contribution in [3.05, 3.63) is 47.3 Å². The summed E-state index contributed by atoms with van der Waals surface area (Å²) in [6.45, 7) is 4.56. The van der Waals surface area contributed by atoms with E-state index in [9.17, 15) is 9.50 Å². The van der Waals surface area contributed by atoms with E-state index in [1.807, 2.05) is 30.3 Å². The smallest absolute Gasteiger partial charge is 0.167 e. The van der Waals surface area contributed by atoms with Crippen molar-refractivity contribution < 1.29 is 9.50 Å². The molecule has 2 heterocycles. The molecule has 0 bridgehead atoms. The van der Waals surface area contributed by atoms with Crippen LogP contribution >= 0.6 is 0 Å². The molecule has 1 aliphatic heterocycles. The van der Waals surface area contributed by atoms with E-state index in [0.717, 1.165) is 16.9 Å². The average molecular weight is 318 g/mol. The van der Waals surface area contributed by atoms with Crippen molar-refractivity contribution in [3.8, 4) is 0 Å². The molecule has 5 nitrogen and oxygen atoms in total. The molecule has 4 N–H and O–H groups in total. The van der Waals surface area contributed by atoms with Gasteiger partial charge in [-0.05, 0) is 36.1 Å². The number of nitrogens with one attached hydrogen (secondary N) is 3. The van der Waals surface area contributed by atoms with Gasteiger partial charge in [0.15, 0.2) is 6.23 Å². The maximum Gasteiger partial charge on any atom is 0.167 e. The number of aromatic nitrogens is 2. The number of benzene rings is 1. The lowest BCUT2D eigenvalue weighted by Crippen LogP contribution is -2.55. The van der Waals surface area contributed by atoms with Crippen LogP contribution in [0.3, 0.4) is 0 Å². The highest BCUT2D eigenvalue weighted by molar-refractivity contribution is 5.46. The summed E-state index contributed by atoms with van der Waals surface area (Å²) in [4.78, 5) is 0. The molecular weight excluding hydrogens is 295 g/mol. The fourth-order valence-corrected chi connectivity index (χ4v) is 2.59. The summed E-state index contributed by atoms with van der Waals surface area (Å²) >= 11 is 0. The van der Waals surface area contributed by atoms with Gasteiger partial charge in [-0.25, -0.2) is 4.39 Å². The molecule has 1 saturated heterocycles. The van der Waals surface area contributed by atoms with Crippen LogP contribution in [0.5, 0.6) is 0 Å². The monoisotopic (exact) mass is 318 g/mol. The number of aromatic amines is 1. The third kappa shape index (κ3) is 3.71. The van der Waals surface area contributed by atoms with E-state index in [-0.39, 0.29) is 6.04 Å². The van der Waals surface area contributed by atoms with Gasteiger partial charge in [-0.2, -0.15) is 5.10 Å². The second-order valence-corrected chi connectivity index (χ2v) is 6.38. The Morgan fingerprint density at radius 2 is 2.09 bits per heavy atom. The fourth-order valence-electron chi connectivity index (χ4n) is 2.59. The molecule has 0 radical (unpaired) electrons.